The summed E-state index contributed by atoms with van der Waals surface area (Å²) >= 11 is 7.59. The summed E-state index contributed by atoms with van der Waals surface area (Å²) in [5.74, 6) is -0.311. The van der Waals surface area contributed by atoms with Gasteiger partial charge < -0.3 is 5.32 Å². The number of hydrogen-bond donors (Lipinski definition) is 1. The Labute approximate surface area is 114 Å². The molecule has 0 aliphatic carbocycles. The molecule has 2 nitrogen and oxygen atoms in total. The standard InChI is InChI=1S/C13H12ClFN2S/c1-7-5-10-11(6-16-7)18-13(17-10)12-8(14)3-2-4-9(12)15/h2-4,7,16H,5-6H2,1H3. The molecule has 0 saturated heterocycles. The van der Waals surface area contributed by atoms with Gasteiger partial charge in [-0.15, -0.1) is 11.3 Å². The number of halogens is 2. The molecule has 3 rings (SSSR count). The van der Waals surface area contributed by atoms with Gasteiger partial charge in [-0.2, -0.15) is 0 Å². The van der Waals surface area contributed by atoms with Gasteiger partial charge in [-0.05, 0) is 19.1 Å². The lowest BCUT2D eigenvalue weighted by Crippen LogP contribution is -2.32. The molecule has 94 valence electrons. The molecule has 0 saturated carbocycles. The molecule has 2 aromatic rings. The first-order chi connectivity index (χ1) is 8.65. The number of hydrogen-bond acceptors (Lipinski definition) is 3. The molecule has 1 aromatic carbocycles. The van der Waals surface area contributed by atoms with E-state index in [9.17, 15) is 4.39 Å². The van der Waals surface area contributed by atoms with Crippen molar-refractivity contribution in [3.8, 4) is 10.6 Å². The van der Waals surface area contributed by atoms with Crippen molar-refractivity contribution in [1.82, 2.24) is 10.3 Å². The predicted molar refractivity (Wildman–Crippen MR) is 72.5 cm³/mol. The number of aromatic nitrogens is 1. The van der Waals surface area contributed by atoms with Gasteiger partial charge in [0, 0.05) is 23.9 Å². The van der Waals surface area contributed by atoms with Crippen LogP contribution in [-0.2, 0) is 13.0 Å². The molecule has 0 fully saturated rings. The zero-order chi connectivity index (χ0) is 12.7. The molecule has 1 aliphatic rings. The molecule has 0 radical (unpaired) electrons. The van der Waals surface area contributed by atoms with Crippen molar-refractivity contribution in [3.63, 3.8) is 0 Å². The summed E-state index contributed by atoms with van der Waals surface area (Å²) in [5, 5.41) is 4.47. The molecule has 1 atom stereocenters. The minimum atomic E-state index is -0.311. The highest BCUT2D eigenvalue weighted by atomic mass is 35.5. The van der Waals surface area contributed by atoms with Crippen LogP contribution in [-0.4, -0.2) is 11.0 Å². The van der Waals surface area contributed by atoms with E-state index in [0.717, 1.165) is 18.7 Å². The second kappa shape index (κ2) is 4.61. The molecule has 0 spiro atoms. The highest BCUT2D eigenvalue weighted by molar-refractivity contribution is 7.15. The fourth-order valence-electron chi connectivity index (χ4n) is 2.12. The number of nitrogens with one attached hydrogen (secondary N) is 1. The second-order valence-corrected chi connectivity index (χ2v) is 5.96. The molecule has 1 aliphatic heterocycles. The van der Waals surface area contributed by atoms with Crippen molar-refractivity contribution in [3.05, 3.63) is 39.6 Å². The van der Waals surface area contributed by atoms with E-state index in [1.165, 1.54) is 22.3 Å². The fraction of sp³-hybridized carbons (Fsp3) is 0.308. The Bertz CT molecular complexity index is 576. The smallest absolute Gasteiger partial charge is 0.134 e. The van der Waals surface area contributed by atoms with Crippen molar-refractivity contribution < 1.29 is 4.39 Å². The fourth-order valence-corrected chi connectivity index (χ4v) is 3.53. The molecule has 1 N–H and O–H groups in total. The summed E-state index contributed by atoms with van der Waals surface area (Å²) in [7, 11) is 0. The molecular weight excluding hydrogens is 271 g/mol. The van der Waals surface area contributed by atoms with Gasteiger partial charge >= 0.3 is 0 Å². The Hall–Kier alpha value is -0.970. The molecule has 0 bridgehead atoms. The maximum atomic E-state index is 13.8. The van der Waals surface area contributed by atoms with Gasteiger partial charge in [0.2, 0.25) is 0 Å². The number of fused-ring (bicyclic) bond motifs is 1. The third-order valence-electron chi connectivity index (χ3n) is 3.07. The van der Waals surface area contributed by atoms with Crippen LogP contribution in [0, 0.1) is 5.82 Å². The first kappa shape index (κ1) is 12.1. The first-order valence-corrected chi connectivity index (χ1v) is 7.01. The van der Waals surface area contributed by atoms with Crippen molar-refractivity contribution >= 4 is 22.9 Å². The summed E-state index contributed by atoms with van der Waals surface area (Å²) in [6.07, 6.45) is 0.887. The summed E-state index contributed by atoms with van der Waals surface area (Å²) in [6, 6.07) is 5.14. The molecule has 0 amide bonds. The number of nitrogens with zero attached hydrogens (tertiary/aromatic N) is 1. The Morgan fingerprint density at radius 2 is 2.33 bits per heavy atom. The van der Waals surface area contributed by atoms with Crippen LogP contribution in [0.3, 0.4) is 0 Å². The summed E-state index contributed by atoms with van der Waals surface area (Å²) < 4.78 is 13.8. The minimum absolute atomic E-state index is 0.311. The van der Waals surface area contributed by atoms with Crippen LogP contribution >= 0.6 is 22.9 Å². The lowest BCUT2D eigenvalue weighted by atomic mass is 10.1. The lowest BCUT2D eigenvalue weighted by molar-refractivity contribution is 0.513. The molecular formula is C13H12ClFN2S. The van der Waals surface area contributed by atoms with Gasteiger partial charge in [0.15, 0.2) is 0 Å². The molecule has 2 heterocycles. The van der Waals surface area contributed by atoms with Crippen LogP contribution in [0.1, 0.15) is 17.5 Å². The average molecular weight is 283 g/mol. The summed E-state index contributed by atoms with van der Waals surface area (Å²) in [6.45, 7) is 2.93. The largest absolute Gasteiger partial charge is 0.309 e. The SMILES string of the molecule is CC1Cc2nc(-c3c(F)cccc3Cl)sc2CN1. The van der Waals surface area contributed by atoms with E-state index < -0.39 is 0 Å². The zero-order valence-corrected chi connectivity index (χ0v) is 11.4. The van der Waals surface area contributed by atoms with Crippen LogP contribution in [0.2, 0.25) is 5.02 Å². The highest BCUT2D eigenvalue weighted by Crippen LogP contribution is 2.36. The molecule has 5 heteroatoms. The second-order valence-electron chi connectivity index (χ2n) is 4.47. The third-order valence-corrected chi connectivity index (χ3v) is 4.50. The number of thiazole rings is 1. The summed E-state index contributed by atoms with van der Waals surface area (Å²) in [4.78, 5) is 5.73. The highest BCUT2D eigenvalue weighted by Gasteiger charge is 2.21. The van der Waals surface area contributed by atoms with Crippen LogP contribution in [0.25, 0.3) is 10.6 Å². The number of rotatable bonds is 1. The van der Waals surface area contributed by atoms with E-state index in [1.807, 2.05) is 0 Å². The lowest BCUT2D eigenvalue weighted by Gasteiger charge is -2.18. The van der Waals surface area contributed by atoms with Gasteiger partial charge in [0.05, 0.1) is 16.3 Å². The van der Waals surface area contributed by atoms with Gasteiger partial charge in [0.1, 0.15) is 10.8 Å². The summed E-state index contributed by atoms with van der Waals surface area (Å²) in [5.41, 5.74) is 1.49. The molecule has 18 heavy (non-hydrogen) atoms. The molecule has 1 aromatic heterocycles. The van der Waals surface area contributed by atoms with Crippen molar-refractivity contribution in [2.45, 2.75) is 25.9 Å². The van der Waals surface area contributed by atoms with E-state index in [1.54, 1.807) is 12.1 Å². The Kier molecular flexibility index (Phi) is 3.09. The van der Waals surface area contributed by atoms with Gasteiger partial charge in [0.25, 0.3) is 0 Å². The van der Waals surface area contributed by atoms with Crippen LogP contribution < -0.4 is 5.32 Å². The van der Waals surface area contributed by atoms with E-state index in [2.05, 4.69) is 17.2 Å². The third kappa shape index (κ3) is 2.05. The van der Waals surface area contributed by atoms with Gasteiger partial charge in [-0.1, -0.05) is 17.7 Å². The monoisotopic (exact) mass is 282 g/mol. The number of benzene rings is 1. The van der Waals surface area contributed by atoms with Crippen molar-refractivity contribution in [2.75, 3.05) is 0 Å². The molecule has 1 unspecified atom stereocenters. The van der Waals surface area contributed by atoms with Crippen LogP contribution in [0.15, 0.2) is 18.2 Å². The predicted octanol–water partition coefficient (Wildman–Crippen LogP) is 3.64. The van der Waals surface area contributed by atoms with E-state index in [0.29, 0.717) is 21.6 Å². The van der Waals surface area contributed by atoms with E-state index in [-0.39, 0.29) is 5.82 Å². The topological polar surface area (TPSA) is 24.9 Å². The van der Waals surface area contributed by atoms with Gasteiger partial charge in [-0.3, -0.25) is 0 Å². The minimum Gasteiger partial charge on any atom is -0.309 e. The Morgan fingerprint density at radius 3 is 3.11 bits per heavy atom. The zero-order valence-electron chi connectivity index (χ0n) is 9.84. The van der Waals surface area contributed by atoms with Crippen molar-refractivity contribution in [1.29, 1.82) is 0 Å². The Morgan fingerprint density at radius 1 is 1.50 bits per heavy atom. The quantitative estimate of drug-likeness (QED) is 0.864. The normalized spacial score (nSPS) is 18.7. The van der Waals surface area contributed by atoms with Gasteiger partial charge in [-0.25, -0.2) is 9.37 Å². The van der Waals surface area contributed by atoms with E-state index >= 15 is 0 Å². The van der Waals surface area contributed by atoms with Crippen LogP contribution in [0.4, 0.5) is 4.39 Å². The maximum absolute atomic E-state index is 13.8. The van der Waals surface area contributed by atoms with Crippen molar-refractivity contribution in [2.24, 2.45) is 0 Å². The Balaban J connectivity index is 2.08. The van der Waals surface area contributed by atoms with Crippen LogP contribution in [0.5, 0.6) is 0 Å². The maximum Gasteiger partial charge on any atom is 0.134 e. The average Bonchev–Trinajstić information content (AvgIpc) is 2.71. The first-order valence-electron chi connectivity index (χ1n) is 5.81. The van der Waals surface area contributed by atoms with E-state index in [4.69, 9.17) is 11.6 Å².